The highest BCUT2D eigenvalue weighted by molar-refractivity contribution is 7.22. The van der Waals surface area contributed by atoms with Crippen molar-refractivity contribution >= 4 is 32.6 Å². The molecule has 0 unspecified atom stereocenters. The first-order chi connectivity index (χ1) is 14.2. The van der Waals surface area contributed by atoms with Crippen molar-refractivity contribution < 1.29 is 9.53 Å². The number of hydrogen-bond donors (Lipinski definition) is 2. The van der Waals surface area contributed by atoms with Crippen LogP contribution in [0, 0.1) is 0 Å². The van der Waals surface area contributed by atoms with Gasteiger partial charge in [-0.3, -0.25) is 14.8 Å². The second-order valence-corrected chi connectivity index (χ2v) is 7.28. The van der Waals surface area contributed by atoms with Crippen molar-refractivity contribution in [2.45, 2.75) is 6.42 Å². The fourth-order valence-electron chi connectivity index (χ4n) is 2.77. The number of anilines is 1. The number of nitrogens with one attached hydrogen (secondary N) is 2. The first-order valence-corrected chi connectivity index (χ1v) is 9.92. The van der Waals surface area contributed by atoms with Gasteiger partial charge in [0, 0.05) is 44.3 Å². The topological polar surface area (TPSA) is 89.0 Å². The van der Waals surface area contributed by atoms with E-state index in [9.17, 15) is 4.79 Å². The number of carbonyl (C=O) groups excluding carboxylic acids is 1. The molecule has 8 heteroatoms. The molecule has 0 aliphatic carbocycles. The Kier molecular flexibility index (Phi) is 5.62. The van der Waals surface area contributed by atoms with Crippen LogP contribution in [0.5, 0.6) is 11.5 Å². The van der Waals surface area contributed by atoms with E-state index in [-0.39, 0.29) is 5.91 Å². The fraction of sp³-hybridized carbons (Fsp3) is 0.143. The lowest BCUT2D eigenvalue weighted by molar-refractivity contribution is 0.0958. The molecular formula is C21H19N5O2S. The maximum absolute atomic E-state index is 11.7. The first-order valence-electron chi connectivity index (χ1n) is 9.10. The first kappa shape index (κ1) is 18.8. The molecule has 1 aromatic carbocycles. The van der Waals surface area contributed by atoms with Gasteiger partial charge in [0.2, 0.25) is 0 Å². The number of thiazole rings is 1. The molecule has 29 heavy (non-hydrogen) atoms. The van der Waals surface area contributed by atoms with Gasteiger partial charge in [-0.1, -0.05) is 17.4 Å². The lowest BCUT2D eigenvalue weighted by atomic mass is 10.2. The van der Waals surface area contributed by atoms with Gasteiger partial charge in [0.15, 0.2) is 5.13 Å². The van der Waals surface area contributed by atoms with Crippen LogP contribution < -0.4 is 15.4 Å². The van der Waals surface area contributed by atoms with Gasteiger partial charge in [-0.05, 0) is 36.2 Å². The number of nitrogens with zero attached hydrogens (tertiary/aromatic N) is 3. The summed E-state index contributed by atoms with van der Waals surface area (Å²) in [5.74, 6) is 0.977. The van der Waals surface area contributed by atoms with Crippen LogP contribution in [0.1, 0.15) is 16.1 Å². The number of carbonyl (C=O) groups is 1. The zero-order valence-electron chi connectivity index (χ0n) is 15.8. The summed E-state index contributed by atoms with van der Waals surface area (Å²) < 4.78 is 6.92. The highest BCUT2D eigenvalue weighted by Gasteiger charge is 2.09. The second kappa shape index (κ2) is 8.66. The molecule has 0 saturated carbocycles. The van der Waals surface area contributed by atoms with E-state index in [0.29, 0.717) is 17.2 Å². The normalized spacial score (nSPS) is 10.7. The second-order valence-electron chi connectivity index (χ2n) is 6.24. The third kappa shape index (κ3) is 4.67. The Labute approximate surface area is 171 Å². The van der Waals surface area contributed by atoms with Crippen molar-refractivity contribution in [1.29, 1.82) is 0 Å². The van der Waals surface area contributed by atoms with Gasteiger partial charge in [-0.2, -0.15) is 0 Å². The molecule has 0 aliphatic heterocycles. The summed E-state index contributed by atoms with van der Waals surface area (Å²) in [6.45, 7) is 0.786. The third-order valence-corrected chi connectivity index (χ3v) is 5.18. The Hall–Kier alpha value is -3.52. The highest BCUT2D eigenvalue weighted by Crippen LogP contribution is 2.31. The molecule has 1 amide bonds. The van der Waals surface area contributed by atoms with Crippen molar-refractivity contribution in [3.8, 4) is 11.5 Å². The van der Waals surface area contributed by atoms with Crippen molar-refractivity contribution in [2.75, 3.05) is 18.9 Å². The van der Waals surface area contributed by atoms with E-state index in [4.69, 9.17) is 4.74 Å². The van der Waals surface area contributed by atoms with Crippen molar-refractivity contribution in [2.24, 2.45) is 0 Å². The van der Waals surface area contributed by atoms with E-state index in [0.717, 1.165) is 28.3 Å². The number of rotatable bonds is 7. The Bertz CT molecular complexity index is 1130. The molecule has 4 rings (SSSR count). The van der Waals surface area contributed by atoms with E-state index in [1.165, 1.54) is 5.56 Å². The molecule has 0 bridgehead atoms. The predicted octanol–water partition coefficient (Wildman–Crippen LogP) is 3.89. The van der Waals surface area contributed by atoms with E-state index in [1.807, 2.05) is 30.5 Å². The van der Waals surface area contributed by atoms with Crippen LogP contribution >= 0.6 is 11.3 Å². The van der Waals surface area contributed by atoms with E-state index in [1.54, 1.807) is 42.9 Å². The molecule has 2 N–H and O–H groups in total. The summed E-state index contributed by atoms with van der Waals surface area (Å²) in [5.41, 5.74) is 2.40. The monoisotopic (exact) mass is 405 g/mol. The molecule has 0 radical (unpaired) electrons. The number of hydrogen-bond acceptors (Lipinski definition) is 7. The van der Waals surface area contributed by atoms with Crippen LogP contribution in [0.2, 0.25) is 0 Å². The maximum Gasteiger partial charge on any atom is 0.269 e. The number of amides is 1. The average molecular weight is 405 g/mol. The summed E-state index contributed by atoms with van der Waals surface area (Å²) in [5, 5.41) is 6.78. The third-order valence-electron chi connectivity index (χ3n) is 4.20. The van der Waals surface area contributed by atoms with Gasteiger partial charge in [0.05, 0.1) is 10.2 Å². The minimum absolute atomic E-state index is 0.254. The minimum atomic E-state index is -0.254. The number of pyridine rings is 2. The Morgan fingerprint density at radius 3 is 2.86 bits per heavy atom. The molecule has 0 atom stereocenters. The number of benzene rings is 1. The standard InChI is InChI=1S/C21H19N5O2S/c1-22-20(27)18-11-16(7-10-24-18)28-15-4-5-17-19(12-15)29-21(26-17)25-9-6-14-3-2-8-23-13-14/h2-5,7-8,10-13H,6,9H2,1H3,(H,22,27)(H,25,26). The van der Waals surface area contributed by atoms with Crippen LogP contribution in [0.3, 0.4) is 0 Å². The number of ether oxygens (including phenoxy) is 1. The average Bonchev–Trinajstić information content (AvgIpc) is 3.16. The maximum atomic E-state index is 11.7. The summed E-state index contributed by atoms with van der Waals surface area (Å²) >= 11 is 1.57. The largest absolute Gasteiger partial charge is 0.457 e. The van der Waals surface area contributed by atoms with Crippen LogP contribution in [0.15, 0.2) is 61.1 Å². The van der Waals surface area contributed by atoms with Crippen LogP contribution in [0.25, 0.3) is 10.2 Å². The van der Waals surface area contributed by atoms with Crippen molar-refractivity contribution in [1.82, 2.24) is 20.3 Å². The van der Waals surface area contributed by atoms with Gasteiger partial charge in [0.25, 0.3) is 5.91 Å². The number of aromatic nitrogens is 3. The molecule has 0 aliphatic rings. The molecule has 146 valence electrons. The molecule has 3 heterocycles. The van der Waals surface area contributed by atoms with Crippen LogP contribution in [-0.4, -0.2) is 34.5 Å². The zero-order valence-corrected chi connectivity index (χ0v) is 16.6. The number of fused-ring (bicyclic) bond motifs is 1. The summed E-state index contributed by atoms with van der Waals surface area (Å²) in [6.07, 6.45) is 6.08. The van der Waals surface area contributed by atoms with Crippen LogP contribution in [-0.2, 0) is 6.42 Å². The van der Waals surface area contributed by atoms with Crippen LogP contribution in [0.4, 0.5) is 5.13 Å². The van der Waals surface area contributed by atoms with Gasteiger partial charge in [0.1, 0.15) is 17.2 Å². The zero-order chi connectivity index (χ0) is 20.1. The Morgan fingerprint density at radius 2 is 2.03 bits per heavy atom. The molecule has 3 aromatic heterocycles. The molecule has 0 saturated heterocycles. The summed E-state index contributed by atoms with van der Waals surface area (Å²) in [7, 11) is 1.57. The quantitative estimate of drug-likeness (QED) is 0.485. The van der Waals surface area contributed by atoms with Gasteiger partial charge in [-0.25, -0.2) is 4.98 Å². The van der Waals surface area contributed by atoms with E-state index in [2.05, 4.69) is 31.7 Å². The molecule has 7 nitrogen and oxygen atoms in total. The predicted molar refractivity (Wildman–Crippen MR) is 114 cm³/mol. The van der Waals surface area contributed by atoms with Gasteiger partial charge < -0.3 is 15.4 Å². The van der Waals surface area contributed by atoms with Crippen molar-refractivity contribution in [3.63, 3.8) is 0 Å². The molecule has 0 fully saturated rings. The van der Waals surface area contributed by atoms with E-state index >= 15 is 0 Å². The van der Waals surface area contributed by atoms with Gasteiger partial charge in [-0.15, -0.1) is 0 Å². The SMILES string of the molecule is CNC(=O)c1cc(Oc2ccc3nc(NCCc4cccnc4)sc3c2)ccn1. The van der Waals surface area contributed by atoms with Gasteiger partial charge >= 0.3 is 0 Å². The minimum Gasteiger partial charge on any atom is -0.457 e. The molecule has 0 spiro atoms. The fourth-order valence-corrected chi connectivity index (χ4v) is 3.69. The lowest BCUT2D eigenvalue weighted by Gasteiger charge is -2.06. The summed E-state index contributed by atoms with van der Waals surface area (Å²) in [6, 6.07) is 13.1. The Balaban J connectivity index is 1.43. The highest BCUT2D eigenvalue weighted by atomic mass is 32.1. The van der Waals surface area contributed by atoms with E-state index < -0.39 is 0 Å². The molecule has 4 aromatic rings. The lowest BCUT2D eigenvalue weighted by Crippen LogP contribution is -2.18. The summed E-state index contributed by atoms with van der Waals surface area (Å²) in [4.78, 5) is 24.5. The molecular weight excluding hydrogens is 386 g/mol. The van der Waals surface area contributed by atoms with Crippen molar-refractivity contribution in [3.05, 3.63) is 72.3 Å². The smallest absolute Gasteiger partial charge is 0.269 e. The Morgan fingerprint density at radius 1 is 1.14 bits per heavy atom.